The van der Waals surface area contributed by atoms with E-state index in [0.29, 0.717) is 20.9 Å². The van der Waals surface area contributed by atoms with Gasteiger partial charge in [-0.1, -0.05) is 12.1 Å². The molecule has 0 atom stereocenters. The lowest BCUT2D eigenvalue weighted by Gasteiger charge is -1.99. The highest BCUT2D eigenvalue weighted by Crippen LogP contribution is 2.22. The van der Waals surface area contributed by atoms with Gasteiger partial charge in [-0.05, 0) is 74.7 Å². The minimum atomic E-state index is -0.515. The van der Waals surface area contributed by atoms with Crippen molar-refractivity contribution in [3.05, 3.63) is 85.7 Å². The van der Waals surface area contributed by atoms with Crippen molar-refractivity contribution in [3.63, 3.8) is 0 Å². The van der Waals surface area contributed by atoms with Gasteiger partial charge in [0.15, 0.2) is 11.6 Å². The van der Waals surface area contributed by atoms with E-state index in [1.165, 1.54) is 18.4 Å². The summed E-state index contributed by atoms with van der Waals surface area (Å²) in [6, 6.07) is 11.1. The number of halogens is 5. The van der Waals surface area contributed by atoms with E-state index in [-0.39, 0.29) is 16.8 Å². The molecule has 0 amide bonds. The molecule has 160 valence electrons. The molecule has 10 heteroatoms. The number of nitrogens with two attached hydrogens (primary N) is 1. The molecule has 1 heterocycles. The molecule has 3 rings (SSSR count). The van der Waals surface area contributed by atoms with Crippen LogP contribution >= 0.6 is 43.5 Å². The van der Waals surface area contributed by atoms with Gasteiger partial charge in [0.05, 0.1) is 33.0 Å². The maximum Gasteiger partial charge on any atom is 0.248 e. The minimum Gasteiger partial charge on any atom is -0.501 e. The highest BCUT2D eigenvalue weighted by Gasteiger charge is 2.04. The average Bonchev–Trinajstić information content (AvgIpc) is 2.70. The number of carbonyl (C=O) groups is 1. The first kappa shape index (κ1) is 25.8. The molecular formula is C20H17Br2ClF2N2O3. The second-order valence-electron chi connectivity index (χ2n) is 5.35. The Labute approximate surface area is 193 Å². The summed E-state index contributed by atoms with van der Waals surface area (Å²) in [5, 5.41) is 0.166. The summed E-state index contributed by atoms with van der Waals surface area (Å²) in [6.45, 7) is 2.38. The number of hydrogen-bond donors (Lipinski definition) is 2. The Morgan fingerprint density at radius 2 is 1.77 bits per heavy atom. The summed E-state index contributed by atoms with van der Waals surface area (Å²) < 4.78 is 31.3. The SMILES string of the molecule is CCO/C=C/C(=O)Cl.Nc1cccc(Br)c1F.O=c1ccc2ccc(Br)c(F)c2[nH]1. The van der Waals surface area contributed by atoms with E-state index in [1.807, 2.05) is 6.92 Å². The molecule has 3 N–H and O–H groups in total. The maximum atomic E-state index is 13.4. The van der Waals surface area contributed by atoms with Gasteiger partial charge in [0, 0.05) is 17.5 Å². The molecule has 0 bridgehead atoms. The zero-order chi connectivity index (χ0) is 22.7. The molecule has 0 aliphatic carbocycles. The largest absolute Gasteiger partial charge is 0.501 e. The van der Waals surface area contributed by atoms with Gasteiger partial charge in [0.1, 0.15) is 0 Å². The van der Waals surface area contributed by atoms with Gasteiger partial charge in [0.25, 0.3) is 0 Å². The highest BCUT2D eigenvalue weighted by molar-refractivity contribution is 9.10. The predicted molar refractivity (Wildman–Crippen MR) is 122 cm³/mol. The van der Waals surface area contributed by atoms with Crippen LogP contribution in [0.25, 0.3) is 10.9 Å². The van der Waals surface area contributed by atoms with Crippen LogP contribution < -0.4 is 11.3 Å². The molecule has 0 unspecified atom stereocenters. The second kappa shape index (κ2) is 13.1. The van der Waals surface area contributed by atoms with Gasteiger partial charge < -0.3 is 15.5 Å². The van der Waals surface area contributed by atoms with E-state index in [1.54, 1.807) is 30.3 Å². The Kier molecular flexibility index (Phi) is 11.3. The van der Waals surface area contributed by atoms with Crippen LogP contribution in [0.3, 0.4) is 0 Å². The van der Waals surface area contributed by atoms with Crippen LogP contribution in [0.1, 0.15) is 6.92 Å². The van der Waals surface area contributed by atoms with E-state index in [4.69, 9.17) is 17.3 Å². The van der Waals surface area contributed by atoms with Gasteiger partial charge >= 0.3 is 0 Å². The van der Waals surface area contributed by atoms with E-state index in [2.05, 4.69) is 41.6 Å². The molecule has 3 aromatic rings. The number of pyridine rings is 1. The Morgan fingerprint density at radius 3 is 2.33 bits per heavy atom. The number of carbonyl (C=O) groups excluding carboxylic acids is 1. The van der Waals surface area contributed by atoms with Crippen molar-refractivity contribution in [2.24, 2.45) is 0 Å². The average molecular weight is 567 g/mol. The number of aromatic amines is 1. The predicted octanol–water partition coefficient (Wildman–Crippen LogP) is 5.90. The number of nitrogen functional groups attached to an aromatic ring is 1. The van der Waals surface area contributed by atoms with Crippen LogP contribution in [-0.2, 0) is 9.53 Å². The smallest absolute Gasteiger partial charge is 0.248 e. The summed E-state index contributed by atoms with van der Waals surface area (Å²) in [5.41, 5.74) is 5.32. The Bertz CT molecular complexity index is 1070. The fraction of sp³-hybridized carbons (Fsp3) is 0.100. The standard InChI is InChI=1S/C9H5BrFNO.C6H5BrFN.C5H7ClO2/c10-6-3-1-5-2-4-7(13)12-9(5)8(6)11;7-4-2-1-3-5(9)6(4)8;1-2-8-4-3-5(6)7/h1-4H,(H,12,13);1-3H,9H2;3-4H,2H2,1H3/b;;4-3+. The van der Waals surface area contributed by atoms with Crippen LogP contribution in [0.15, 0.2) is 68.5 Å². The van der Waals surface area contributed by atoms with Crippen LogP contribution in [0.5, 0.6) is 0 Å². The summed E-state index contributed by atoms with van der Waals surface area (Å²) >= 11 is 10.9. The molecule has 0 fully saturated rings. The van der Waals surface area contributed by atoms with Crippen molar-refractivity contribution in [2.45, 2.75) is 6.92 Å². The number of nitrogens with one attached hydrogen (secondary N) is 1. The lowest BCUT2D eigenvalue weighted by atomic mass is 10.2. The first-order valence-corrected chi connectivity index (χ1v) is 10.3. The van der Waals surface area contributed by atoms with Crippen molar-refractivity contribution >= 4 is 65.3 Å². The summed E-state index contributed by atoms with van der Waals surface area (Å²) in [4.78, 5) is 23.3. The third-order valence-corrected chi connectivity index (χ3v) is 4.58. The third-order valence-electron chi connectivity index (χ3n) is 3.23. The number of allylic oxidation sites excluding steroid dienone is 1. The maximum absolute atomic E-state index is 13.4. The zero-order valence-corrected chi connectivity index (χ0v) is 19.5. The number of aromatic nitrogens is 1. The molecule has 1 aromatic heterocycles. The first-order valence-electron chi connectivity index (χ1n) is 8.31. The van der Waals surface area contributed by atoms with Crippen molar-refractivity contribution in [1.29, 1.82) is 0 Å². The van der Waals surface area contributed by atoms with E-state index < -0.39 is 16.9 Å². The van der Waals surface area contributed by atoms with Crippen LogP contribution in [0, 0.1) is 11.6 Å². The number of H-pyrrole nitrogens is 1. The molecule has 30 heavy (non-hydrogen) atoms. The molecule has 2 aromatic carbocycles. The van der Waals surface area contributed by atoms with Gasteiger partial charge in [-0.25, -0.2) is 8.78 Å². The number of ether oxygens (including phenoxy) is 1. The summed E-state index contributed by atoms with van der Waals surface area (Å²) in [5.74, 6) is -0.826. The van der Waals surface area contributed by atoms with Gasteiger partial charge in [0.2, 0.25) is 10.8 Å². The number of fused-ring (bicyclic) bond motifs is 1. The van der Waals surface area contributed by atoms with E-state index in [9.17, 15) is 18.4 Å². The van der Waals surface area contributed by atoms with Crippen LogP contribution in [0.4, 0.5) is 14.5 Å². The van der Waals surface area contributed by atoms with E-state index >= 15 is 0 Å². The van der Waals surface area contributed by atoms with Crippen molar-refractivity contribution in [3.8, 4) is 0 Å². The lowest BCUT2D eigenvalue weighted by molar-refractivity contribution is -0.107. The van der Waals surface area contributed by atoms with Gasteiger partial charge in [-0.2, -0.15) is 0 Å². The quantitative estimate of drug-likeness (QED) is 0.179. The molecule has 0 aliphatic heterocycles. The molecular weight excluding hydrogens is 549 g/mol. The number of rotatable bonds is 3. The highest BCUT2D eigenvalue weighted by atomic mass is 79.9. The lowest BCUT2D eigenvalue weighted by Crippen LogP contribution is -2.03. The Hall–Kier alpha value is -2.23. The van der Waals surface area contributed by atoms with Gasteiger partial charge in [-0.3, -0.25) is 9.59 Å². The minimum absolute atomic E-state index is 0.171. The van der Waals surface area contributed by atoms with Crippen molar-refractivity contribution < 1.29 is 18.3 Å². The number of anilines is 1. The Balaban J connectivity index is 0.000000236. The first-order chi connectivity index (χ1) is 14.2. The normalized spacial score (nSPS) is 10.1. The summed E-state index contributed by atoms with van der Waals surface area (Å²) in [6.07, 6.45) is 2.43. The molecule has 0 aliphatic rings. The number of benzene rings is 2. The van der Waals surface area contributed by atoms with Crippen molar-refractivity contribution in [1.82, 2.24) is 4.98 Å². The Morgan fingerprint density at radius 1 is 1.13 bits per heavy atom. The van der Waals surface area contributed by atoms with Crippen molar-refractivity contribution in [2.75, 3.05) is 12.3 Å². The molecule has 5 nitrogen and oxygen atoms in total. The second-order valence-corrected chi connectivity index (χ2v) is 7.43. The fourth-order valence-electron chi connectivity index (χ4n) is 1.88. The van der Waals surface area contributed by atoms with Crippen LogP contribution in [0.2, 0.25) is 0 Å². The fourth-order valence-corrected chi connectivity index (χ4v) is 2.64. The summed E-state index contributed by atoms with van der Waals surface area (Å²) in [7, 11) is 0. The van der Waals surface area contributed by atoms with Gasteiger partial charge in [-0.15, -0.1) is 0 Å². The third kappa shape index (κ3) is 8.64. The topological polar surface area (TPSA) is 85.2 Å². The van der Waals surface area contributed by atoms with E-state index in [0.717, 1.165) is 6.08 Å². The molecule has 0 saturated heterocycles. The molecule has 0 radical (unpaired) electrons. The monoisotopic (exact) mass is 564 g/mol. The zero-order valence-electron chi connectivity index (χ0n) is 15.6. The molecule has 0 spiro atoms. The molecule has 0 saturated carbocycles. The number of hydrogen-bond acceptors (Lipinski definition) is 4. The van der Waals surface area contributed by atoms with Crippen LogP contribution in [-0.4, -0.2) is 16.8 Å².